The normalized spacial score (nSPS) is 24.8. The summed E-state index contributed by atoms with van der Waals surface area (Å²) < 4.78 is 0. The number of hydrogen-bond donors (Lipinski definition) is 0. The van der Waals surface area contributed by atoms with E-state index in [0.717, 1.165) is 18.7 Å². The zero-order chi connectivity index (χ0) is 15.7. The van der Waals surface area contributed by atoms with Gasteiger partial charge in [-0.05, 0) is 32.6 Å². The number of hydrogen-bond acceptors (Lipinski definition) is 4. The van der Waals surface area contributed by atoms with Crippen molar-refractivity contribution in [2.45, 2.75) is 12.8 Å². The molecule has 2 amide bonds. The van der Waals surface area contributed by atoms with Crippen molar-refractivity contribution >= 4 is 17.5 Å². The lowest BCUT2D eigenvalue weighted by Crippen LogP contribution is -2.38. The Morgan fingerprint density at radius 3 is 2.91 bits per heavy atom. The van der Waals surface area contributed by atoms with E-state index in [1.54, 1.807) is 12.4 Å². The molecule has 6 nitrogen and oxygen atoms in total. The quantitative estimate of drug-likeness (QED) is 0.820. The van der Waals surface area contributed by atoms with E-state index in [-0.39, 0.29) is 17.2 Å². The van der Waals surface area contributed by atoms with Crippen LogP contribution < -0.4 is 4.90 Å². The van der Waals surface area contributed by atoms with E-state index < -0.39 is 0 Å². The first-order chi connectivity index (χ1) is 10.5. The zero-order valence-corrected chi connectivity index (χ0v) is 13.2. The van der Waals surface area contributed by atoms with Gasteiger partial charge in [0.05, 0.1) is 18.4 Å². The van der Waals surface area contributed by atoms with Crippen molar-refractivity contribution < 1.29 is 9.59 Å². The highest BCUT2D eigenvalue weighted by atomic mass is 16.2. The Hall–Kier alpha value is -1.95. The average Bonchev–Trinajstić information content (AvgIpc) is 3.03. The van der Waals surface area contributed by atoms with E-state index in [1.807, 2.05) is 40.9 Å². The molecule has 1 spiro atoms. The molecule has 0 aliphatic carbocycles. The van der Waals surface area contributed by atoms with Gasteiger partial charge in [-0.2, -0.15) is 0 Å². The van der Waals surface area contributed by atoms with Crippen molar-refractivity contribution in [3.63, 3.8) is 0 Å². The van der Waals surface area contributed by atoms with Crippen LogP contribution in [0.1, 0.15) is 12.8 Å². The summed E-state index contributed by atoms with van der Waals surface area (Å²) in [5, 5.41) is 0. The molecule has 1 atom stereocenters. The standard InChI is InChI=1S/C16H22N4O2/c1-18(2)10-15(22)19-7-5-16(11-19)8-14(21)20(12-16)13-4-3-6-17-9-13/h3-4,6,9H,5,7-8,10-12H2,1-2H3. The van der Waals surface area contributed by atoms with Crippen molar-refractivity contribution in [2.24, 2.45) is 5.41 Å². The molecule has 2 aliphatic heterocycles. The van der Waals surface area contributed by atoms with E-state index in [0.29, 0.717) is 26.1 Å². The minimum absolute atomic E-state index is 0.0884. The fourth-order valence-corrected chi connectivity index (χ4v) is 3.44. The number of likely N-dealkylation sites (tertiary alicyclic amines) is 1. The summed E-state index contributed by atoms with van der Waals surface area (Å²) in [5.41, 5.74) is 0.761. The molecule has 2 saturated heterocycles. The summed E-state index contributed by atoms with van der Waals surface area (Å²) in [4.78, 5) is 34.3. The number of aromatic nitrogens is 1. The highest BCUT2D eigenvalue weighted by Crippen LogP contribution is 2.41. The second-order valence-corrected chi connectivity index (χ2v) is 6.67. The van der Waals surface area contributed by atoms with Crippen molar-refractivity contribution in [1.29, 1.82) is 0 Å². The number of likely N-dealkylation sites (N-methyl/N-ethyl adjacent to an activating group) is 1. The van der Waals surface area contributed by atoms with Crippen molar-refractivity contribution in [3.8, 4) is 0 Å². The average molecular weight is 302 g/mol. The lowest BCUT2D eigenvalue weighted by molar-refractivity contribution is -0.131. The van der Waals surface area contributed by atoms with Gasteiger partial charge in [0.1, 0.15) is 0 Å². The van der Waals surface area contributed by atoms with E-state index >= 15 is 0 Å². The highest BCUT2D eigenvalue weighted by Gasteiger charge is 2.48. The molecule has 1 unspecified atom stereocenters. The number of rotatable bonds is 3. The van der Waals surface area contributed by atoms with Crippen LogP contribution >= 0.6 is 0 Å². The van der Waals surface area contributed by atoms with E-state index in [2.05, 4.69) is 4.98 Å². The third kappa shape index (κ3) is 2.83. The molecular weight excluding hydrogens is 280 g/mol. The zero-order valence-electron chi connectivity index (χ0n) is 13.2. The van der Waals surface area contributed by atoms with Gasteiger partial charge in [-0.15, -0.1) is 0 Å². The Bertz CT molecular complexity index is 575. The Morgan fingerprint density at radius 2 is 2.23 bits per heavy atom. The second kappa shape index (κ2) is 5.68. The smallest absolute Gasteiger partial charge is 0.236 e. The summed E-state index contributed by atoms with van der Waals surface area (Å²) >= 11 is 0. The second-order valence-electron chi connectivity index (χ2n) is 6.67. The molecule has 3 heterocycles. The third-order valence-electron chi connectivity index (χ3n) is 4.52. The lowest BCUT2D eigenvalue weighted by Gasteiger charge is -2.24. The van der Waals surface area contributed by atoms with Crippen LogP contribution in [0.3, 0.4) is 0 Å². The first-order valence-electron chi connectivity index (χ1n) is 7.62. The largest absolute Gasteiger partial charge is 0.341 e. The Morgan fingerprint density at radius 1 is 1.41 bits per heavy atom. The highest BCUT2D eigenvalue weighted by molar-refractivity contribution is 5.96. The first kappa shape index (κ1) is 15.0. The van der Waals surface area contributed by atoms with Crippen LogP contribution in [0.5, 0.6) is 0 Å². The molecule has 1 aromatic heterocycles. The van der Waals surface area contributed by atoms with Gasteiger partial charge < -0.3 is 14.7 Å². The van der Waals surface area contributed by atoms with Crippen LogP contribution in [-0.2, 0) is 9.59 Å². The molecule has 0 N–H and O–H groups in total. The number of anilines is 1. The van der Waals surface area contributed by atoms with Crippen LogP contribution in [0.25, 0.3) is 0 Å². The molecule has 1 aromatic rings. The van der Waals surface area contributed by atoms with Crippen LogP contribution in [0, 0.1) is 5.41 Å². The number of carbonyl (C=O) groups excluding carboxylic acids is 2. The first-order valence-corrected chi connectivity index (χ1v) is 7.62. The molecule has 118 valence electrons. The SMILES string of the molecule is CN(C)CC(=O)N1CCC2(CC(=O)N(c3cccnc3)C2)C1. The molecule has 0 aromatic carbocycles. The van der Waals surface area contributed by atoms with Gasteiger partial charge in [0, 0.05) is 37.7 Å². The lowest BCUT2D eigenvalue weighted by atomic mass is 9.86. The predicted molar refractivity (Wildman–Crippen MR) is 83.4 cm³/mol. The third-order valence-corrected chi connectivity index (χ3v) is 4.52. The number of carbonyl (C=O) groups is 2. The van der Waals surface area contributed by atoms with E-state index in [9.17, 15) is 9.59 Å². The Labute approximate surface area is 130 Å². The summed E-state index contributed by atoms with van der Waals surface area (Å²) in [5.74, 6) is 0.282. The summed E-state index contributed by atoms with van der Waals surface area (Å²) in [6.07, 6.45) is 4.85. The van der Waals surface area contributed by atoms with Crippen molar-refractivity contribution in [3.05, 3.63) is 24.5 Å². The van der Waals surface area contributed by atoms with E-state index in [4.69, 9.17) is 0 Å². The Kier molecular flexibility index (Phi) is 3.87. The van der Waals surface area contributed by atoms with Gasteiger partial charge in [0.25, 0.3) is 0 Å². The van der Waals surface area contributed by atoms with Gasteiger partial charge in [-0.3, -0.25) is 14.6 Å². The fraction of sp³-hybridized carbons (Fsp3) is 0.562. The maximum absolute atomic E-state index is 12.4. The summed E-state index contributed by atoms with van der Waals surface area (Å²) in [6, 6.07) is 3.75. The monoisotopic (exact) mass is 302 g/mol. The van der Waals surface area contributed by atoms with Crippen LogP contribution in [0.4, 0.5) is 5.69 Å². The molecule has 3 rings (SSSR count). The molecule has 2 aliphatic rings. The van der Waals surface area contributed by atoms with Gasteiger partial charge in [-0.25, -0.2) is 0 Å². The predicted octanol–water partition coefficient (Wildman–Crippen LogP) is 0.599. The van der Waals surface area contributed by atoms with Gasteiger partial charge in [0.15, 0.2) is 0 Å². The van der Waals surface area contributed by atoms with Gasteiger partial charge >= 0.3 is 0 Å². The maximum Gasteiger partial charge on any atom is 0.236 e. The van der Waals surface area contributed by atoms with Crippen LogP contribution in [0.2, 0.25) is 0 Å². The topological polar surface area (TPSA) is 56.8 Å². The molecule has 0 radical (unpaired) electrons. The van der Waals surface area contributed by atoms with Crippen molar-refractivity contribution in [1.82, 2.24) is 14.8 Å². The fourth-order valence-electron chi connectivity index (χ4n) is 3.44. The Balaban J connectivity index is 1.69. The summed E-state index contributed by atoms with van der Waals surface area (Å²) in [6.45, 7) is 2.54. The molecule has 0 bridgehead atoms. The van der Waals surface area contributed by atoms with Crippen molar-refractivity contribution in [2.75, 3.05) is 45.2 Å². The molecule has 6 heteroatoms. The molecule has 2 fully saturated rings. The molecular formula is C16H22N4O2. The van der Waals surface area contributed by atoms with Crippen LogP contribution in [0.15, 0.2) is 24.5 Å². The maximum atomic E-state index is 12.4. The number of nitrogens with zero attached hydrogens (tertiary/aromatic N) is 4. The van der Waals surface area contributed by atoms with Gasteiger partial charge in [0.2, 0.25) is 11.8 Å². The van der Waals surface area contributed by atoms with Crippen LogP contribution in [-0.4, -0.2) is 66.9 Å². The molecule has 22 heavy (non-hydrogen) atoms. The van der Waals surface area contributed by atoms with E-state index in [1.165, 1.54) is 0 Å². The minimum Gasteiger partial charge on any atom is -0.341 e. The molecule has 0 saturated carbocycles. The number of pyridine rings is 1. The van der Waals surface area contributed by atoms with Gasteiger partial charge in [-0.1, -0.05) is 0 Å². The number of amides is 2. The summed E-state index contributed by atoms with van der Waals surface area (Å²) in [7, 11) is 3.79. The minimum atomic E-state index is -0.0884.